The van der Waals surface area contributed by atoms with Crippen molar-refractivity contribution in [2.24, 2.45) is 5.92 Å². The summed E-state index contributed by atoms with van der Waals surface area (Å²) in [5.74, 6) is 0.378. The molecule has 1 aromatic heterocycles. The number of amides is 3. The number of carbonyl (C=O) groups excluding carboxylic acids is 2. The Morgan fingerprint density at radius 2 is 2.05 bits per heavy atom. The molecule has 2 aliphatic heterocycles. The second-order valence-corrected chi connectivity index (χ2v) is 6.58. The number of nitrogens with zero attached hydrogens (tertiary/aromatic N) is 3. The highest BCUT2D eigenvalue weighted by Gasteiger charge is 2.51. The maximum absolute atomic E-state index is 12.7. The molecule has 0 atom stereocenters. The van der Waals surface area contributed by atoms with Gasteiger partial charge in [-0.2, -0.15) is 0 Å². The number of imidazole rings is 1. The molecule has 1 spiro atoms. The second kappa shape index (κ2) is 5.72. The Balaban J connectivity index is 1.77. The van der Waals surface area contributed by atoms with Crippen LogP contribution in [0.5, 0.6) is 0 Å². The molecule has 0 aromatic carbocycles. The monoisotopic (exact) mass is 305 g/mol. The summed E-state index contributed by atoms with van der Waals surface area (Å²) in [6, 6.07) is -0.288. The number of aromatic nitrogens is 2. The number of imide groups is 1. The minimum absolute atomic E-state index is 0.101. The first-order chi connectivity index (χ1) is 10.5. The first-order valence-electron chi connectivity index (χ1n) is 7.86. The van der Waals surface area contributed by atoms with Crippen LogP contribution in [0.1, 0.15) is 32.4 Å². The van der Waals surface area contributed by atoms with Gasteiger partial charge in [0.15, 0.2) is 0 Å². The zero-order chi connectivity index (χ0) is 15.7. The Bertz CT molecular complexity index is 574. The molecular weight excluding hydrogens is 282 g/mol. The number of hydrogen-bond acceptors (Lipinski definition) is 4. The Hall–Kier alpha value is -1.89. The molecule has 0 radical (unpaired) electrons. The van der Waals surface area contributed by atoms with E-state index < -0.39 is 5.54 Å². The molecule has 22 heavy (non-hydrogen) atoms. The quantitative estimate of drug-likeness (QED) is 0.803. The molecule has 0 aliphatic carbocycles. The number of carbonyl (C=O) groups is 2. The number of urea groups is 1. The third kappa shape index (κ3) is 2.61. The zero-order valence-electron chi connectivity index (χ0n) is 13.1. The molecule has 1 aromatic rings. The molecule has 0 bridgehead atoms. The van der Waals surface area contributed by atoms with Gasteiger partial charge in [0.05, 0.1) is 18.6 Å². The minimum Gasteiger partial charge on any atom is -0.333 e. The van der Waals surface area contributed by atoms with Crippen molar-refractivity contribution in [1.29, 1.82) is 0 Å². The minimum atomic E-state index is -0.703. The number of rotatable bonds is 4. The summed E-state index contributed by atoms with van der Waals surface area (Å²) in [7, 11) is 0. The highest BCUT2D eigenvalue weighted by Crippen LogP contribution is 2.28. The van der Waals surface area contributed by atoms with E-state index in [-0.39, 0.29) is 18.5 Å². The lowest BCUT2D eigenvalue weighted by molar-refractivity contribution is -0.132. The summed E-state index contributed by atoms with van der Waals surface area (Å²) < 4.78 is 2.01. The van der Waals surface area contributed by atoms with Crippen LogP contribution in [0.15, 0.2) is 12.5 Å². The predicted octanol–water partition coefficient (Wildman–Crippen LogP) is 0.713. The molecule has 0 saturated carbocycles. The van der Waals surface area contributed by atoms with Crippen LogP contribution in [0, 0.1) is 5.92 Å². The van der Waals surface area contributed by atoms with Gasteiger partial charge in [0.25, 0.3) is 5.91 Å². The average molecular weight is 305 g/mol. The molecule has 2 aliphatic rings. The van der Waals surface area contributed by atoms with Gasteiger partial charge in [-0.05, 0) is 31.8 Å². The van der Waals surface area contributed by atoms with E-state index in [9.17, 15) is 9.59 Å². The van der Waals surface area contributed by atoms with Crippen LogP contribution >= 0.6 is 0 Å². The SMILES string of the molecule is CC(C)Cn1cncc1CN1C(=O)NC2(CCNCC2)C1=O. The highest BCUT2D eigenvalue weighted by atomic mass is 16.2. The Labute approximate surface area is 130 Å². The van der Waals surface area contributed by atoms with E-state index in [2.05, 4.69) is 29.5 Å². The van der Waals surface area contributed by atoms with Crippen LogP contribution < -0.4 is 10.6 Å². The van der Waals surface area contributed by atoms with Crippen molar-refractivity contribution >= 4 is 11.9 Å². The van der Waals surface area contributed by atoms with E-state index >= 15 is 0 Å². The Kier molecular flexibility index (Phi) is 3.90. The topological polar surface area (TPSA) is 79.3 Å². The van der Waals surface area contributed by atoms with E-state index in [1.54, 1.807) is 12.5 Å². The van der Waals surface area contributed by atoms with E-state index in [4.69, 9.17) is 0 Å². The van der Waals surface area contributed by atoms with Crippen LogP contribution in [0.2, 0.25) is 0 Å². The molecule has 3 rings (SSSR count). The fraction of sp³-hybridized carbons (Fsp3) is 0.667. The van der Waals surface area contributed by atoms with E-state index in [1.807, 2.05) is 4.57 Å². The number of hydrogen-bond donors (Lipinski definition) is 2. The first kappa shape index (κ1) is 15.0. The molecule has 2 saturated heterocycles. The zero-order valence-corrected chi connectivity index (χ0v) is 13.1. The van der Waals surface area contributed by atoms with Crippen molar-refractivity contribution in [3.8, 4) is 0 Å². The fourth-order valence-corrected chi connectivity index (χ4v) is 3.21. The molecule has 7 heteroatoms. The van der Waals surface area contributed by atoms with Gasteiger partial charge in [-0.25, -0.2) is 9.78 Å². The Morgan fingerprint density at radius 3 is 2.73 bits per heavy atom. The summed E-state index contributed by atoms with van der Waals surface area (Å²) in [5, 5.41) is 6.14. The van der Waals surface area contributed by atoms with Crippen LogP contribution in [0.3, 0.4) is 0 Å². The van der Waals surface area contributed by atoms with Crippen molar-refractivity contribution < 1.29 is 9.59 Å². The van der Waals surface area contributed by atoms with Crippen molar-refractivity contribution in [1.82, 2.24) is 25.1 Å². The van der Waals surface area contributed by atoms with E-state index in [0.29, 0.717) is 18.8 Å². The third-order valence-electron chi connectivity index (χ3n) is 4.38. The maximum Gasteiger partial charge on any atom is 0.325 e. The predicted molar refractivity (Wildman–Crippen MR) is 81.0 cm³/mol. The van der Waals surface area contributed by atoms with Gasteiger partial charge in [-0.3, -0.25) is 9.69 Å². The van der Waals surface area contributed by atoms with Gasteiger partial charge in [0.1, 0.15) is 5.54 Å². The molecule has 120 valence electrons. The van der Waals surface area contributed by atoms with Gasteiger partial charge in [-0.1, -0.05) is 13.8 Å². The summed E-state index contributed by atoms with van der Waals surface area (Å²) in [4.78, 5) is 30.5. The van der Waals surface area contributed by atoms with Crippen LogP contribution in [-0.2, 0) is 17.9 Å². The third-order valence-corrected chi connectivity index (χ3v) is 4.38. The lowest BCUT2D eigenvalue weighted by atomic mass is 9.88. The van der Waals surface area contributed by atoms with Gasteiger partial charge in [0.2, 0.25) is 0 Å². The molecular formula is C15H23N5O2. The van der Waals surface area contributed by atoms with Crippen molar-refractivity contribution in [3.63, 3.8) is 0 Å². The molecule has 3 amide bonds. The van der Waals surface area contributed by atoms with Crippen LogP contribution in [0.25, 0.3) is 0 Å². The first-order valence-corrected chi connectivity index (χ1v) is 7.86. The molecule has 2 N–H and O–H groups in total. The summed E-state index contributed by atoms with van der Waals surface area (Å²) >= 11 is 0. The number of piperidine rings is 1. The average Bonchev–Trinajstić information content (AvgIpc) is 2.98. The molecule has 2 fully saturated rings. The summed E-state index contributed by atoms with van der Waals surface area (Å²) in [6.45, 7) is 6.87. The van der Waals surface area contributed by atoms with Crippen molar-refractivity contribution in [3.05, 3.63) is 18.2 Å². The Morgan fingerprint density at radius 1 is 1.32 bits per heavy atom. The van der Waals surface area contributed by atoms with Gasteiger partial charge < -0.3 is 15.2 Å². The molecule has 7 nitrogen and oxygen atoms in total. The van der Waals surface area contributed by atoms with Gasteiger partial charge in [-0.15, -0.1) is 0 Å². The fourth-order valence-electron chi connectivity index (χ4n) is 3.21. The lowest BCUT2D eigenvalue weighted by Gasteiger charge is -2.31. The largest absolute Gasteiger partial charge is 0.333 e. The molecule has 3 heterocycles. The van der Waals surface area contributed by atoms with E-state index in [0.717, 1.165) is 25.3 Å². The van der Waals surface area contributed by atoms with Crippen LogP contribution in [-0.4, -0.2) is 45.0 Å². The lowest BCUT2D eigenvalue weighted by Crippen LogP contribution is -2.53. The second-order valence-electron chi connectivity index (χ2n) is 6.58. The van der Waals surface area contributed by atoms with Gasteiger partial charge >= 0.3 is 6.03 Å². The standard InChI is InChI=1S/C15H23N5O2/c1-11(2)8-19-10-17-7-12(19)9-20-13(21)15(18-14(20)22)3-5-16-6-4-15/h7,10-11,16H,3-6,8-9H2,1-2H3,(H,18,22). The maximum atomic E-state index is 12.7. The highest BCUT2D eigenvalue weighted by molar-refractivity contribution is 6.07. The van der Waals surface area contributed by atoms with Crippen LogP contribution in [0.4, 0.5) is 4.79 Å². The number of nitrogens with one attached hydrogen (secondary N) is 2. The van der Waals surface area contributed by atoms with Gasteiger partial charge in [0, 0.05) is 12.7 Å². The van der Waals surface area contributed by atoms with E-state index in [1.165, 1.54) is 4.90 Å². The molecule has 0 unspecified atom stereocenters. The van der Waals surface area contributed by atoms with Crippen molar-refractivity contribution in [2.45, 2.75) is 45.3 Å². The normalized spacial score (nSPS) is 21.0. The van der Waals surface area contributed by atoms with Crippen molar-refractivity contribution in [2.75, 3.05) is 13.1 Å². The smallest absolute Gasteiger partial charge is 0.325 e. The summed E-state index contributed by atoms with van der Waals surface area (Å²) in [5.41, 5.74) is 0.189. The summed E-state index contributed by atoms with van der Waals surface area (Å²) in [6.07, 6.45) is 4.79.